The monoisotopic (exact) mass is 974 g/mol. The number of benzene rings is 8. The Hall–Kier alpha value is -6.98. The van der Waals surface area contributed by atoms with Crippen molar-refractivity contribution in [3.8, 4) is 20.9 Å². The van der Waals surface area contributed by atoms with E-state index >= 15 is 0 Å². The van der Waals surface area contributed by atoms with Crippen LogP contribution in [0.25, 0.3) is 48.5 Å². The van der Waals surface area contributed by atoms with E-state index in [9.17, 15) is 0 Å². The minimum Gasteiger partial charge on any atom is -0.301 e. The van der Waals surface area contributed by atoms with Crippen LogP contribution in [0.4, 0.5) is 32.8 Å². The highest BCUT2D eigenvalue weighted by molar-refractivity contribution is 7.20. The van der Waals surface area contributed by atoms with Crippen LogP contribution in [0.15, 0.2) is 213 Å². The largest absolute Gasteiger partial charge is 0.301 e. The first-order valence-electron chi connectivity index (χ1n) is 26.4. The molecule has 2 nitrogen and oxygen atoms in total. The first-order chi connectivity index (χ1) is 35.6. The van der Waals surface area contributed by atoms with Crippen molar-refractivity contribution in [2.75, 3.05) is 9.80 Å². The van der Waals surface area contributed by atoms with Crippen molar-refractivity contribution < 1.29 is 0 Å². The minimum absolute atomic E-state index is 1.02. The number of aryl methyl sites for hydroxylation is 3. The van der Waals surface area contributed by atoms with Crippen molar-refractivity contribution in [3.05, 3.63) is 235 Å². The number of para-hydroxylation sites is 2. The van der Waals surface area contributed by atoms with Gasteiger partial charge in [0.15, 0.2) is 0 Å². The van der Waals surface area contributed by atoms with Crippen LogP contribution in [0.2, 0.25) is 0 Å². The second-order valence-electron chi connectivity index (χ2n) is 19.2. The van der Waals surface area contributed by atoms with E-state index in [4.69, 9.17) is 0 Å². The molecule has 0 fully saturated rings. The average Bonchev–Trinajstić information content (AvgIpc) is 4.13. The number of rotatable bonds is 23. The Morgan fingerprint density at radius 1 is 0.403 bits per heavy atom. The molecule has 0 atom stereocenters. The molecule has 4 heteroatoms. The van der Waals surface area contributed by atoms with Gasteiger partial charge in [0.05, 0.1) is 11.4 Å². The van der Waals surface area contributed by atoms with E-state index in [1.807, 2.05) is 28.7 Å². The number of hydrogen-bond acceptors (Lipinski definition) is 4. The molecule has 10 aromatic rings. The van der Waals surface area contributed by atoms with Gasteiger partial charge in [0, 0.05) is 31.9 Å². The molecule has 72 heavy (non-hydrogen) atoms. The fraction of sp³-hybridized carbons (Fsp3) is 0.206. The van der Waals surface area contributed by atoms with Crippen LogP contribution in [0.5, 0.6) is 0 Å². The molecular weight excluding hydrogens is 909 g/mol. The normalized spacial score (nSPS) is 11.3. The zero-order valence-electron chi connectivity index (χ0n) is 41.8. The Morgan fingerprint density at radius 2 is 0.847 bits per heavy atom. The predicted octanol–water partition coefficient (Wildman–Crippen LogP) is 21.3. The fourth-order valence-electron chi connectivity index (χ4n) is 10.4. The highest BCUT2D eigenvalue weighted by Crippen LogP contribution is 2.48. The third-order valence-corrected chi connectivity index (χ3v) is 16.4. The summed E-state index contributed by atoms with van der Waals surface area (Å²) in [4.78, 5) is 7.59. The minimum atomic E-state index is 1.02. The van der Waals surface area contributed by atoms with Gasteiger partial charge in [0.25, 0.3) is 0 Å². The predicted molar refractivity (Wildman–Crippen MR) is 317 cm³/mol. The van der Waals surface area contributed by atoms with Gasteiger partial charge in [-0.1, -0.05) is 198 Å². The van der Waals surface area contributed by atoms with E-state index in [-0.39, 0.29) is 0 Å². The van der Waals surface area contributed by atoms with Crippen LogP contribution < -0.4 is 9.80 Å². The van der Waals surface area contributed by atoms with Crippen LogP contribution in [-0.2, 0) is 19.3 Å². The topological polar surface area (TPSA) is 6.48 Å². The number of hydrogen-bond donors (Lipinski definition) is 0. The lowest BCUT2D eigenvalue weighted by molar-refractivity contribution is 0.589. The van der Waals surface area contributed by atoms with Gasteiger partial charge in [-0.25, -0.2) is 0 Å². The van der Waals surface area contributed by atoms with Crippen molar-refractivity contribution in [1.82, 2.24) is 0 Å². The summed E-state index contributed by atoms with van der Waals surface area (Å²) in [6.07, 6.45) is 17.6. The highest BCUT2D eigenvalue weighted by Gasteiger charge is 2.22. The Kier molecular flexibility index (Phi) is 16.2. The van der Waals surface area contributed by atoms with Gasteiger partial charge < -0.3 is 9.80 Å². The van der Waals surface area contributed by atoms with Gasteiger partial charge >= 0.3 is 0 Å². The van der Waals surface area contributed by atoms with Crippen molar-refractivity contribution in [3.63, 3.8) is 0 Å². The summed E-state index contributed by atoms with van der Waals surface area (Å²) in [5.41, 5.74) is 13.0. The van der Waals surface area contributed by atoms with Crippen LogP contribution in [0.1, 0.15) is 93.4 Å². The molecule has 0 aliphatic carbocycles. The van der Waals surface area contributed by atoms with E-state index in [2.05, 4.69) is 230 Å². The molecular formula is C68H66N2S2. The van der Waals surface area contributed by atoms with Crippen molar-refractivity contribution in [1.29, 1.82) is 0 Å². The summed E-state index contributed by atoms with van der Waals surface area (Å²) in [5, 5.41) is 7.43. The summed E-state index contributed by atoms with van der Waals surface area (Å²) in [5.74, 6) is 0. The third-order valence-electron chi connectivity index (χ3n) is 14.2. The summed E-state index contributed by atoms with van der Waals surface area (Å²) in [6, 6.07) is 76.4. The first-order valence-corrected chi connectivity index (χ1v) is 28.0. The number of thiophene rings is 2. The van der Waals surface area contributed by atoms with Crippen molar-refractivity contribution >= 4 is 83.0 Å². The lowest BCUT2D eigenvalue weighted by atomic mass is 9.90. The van der Waals surface area contributed by atoms with Gasteiger partial charge in [-0.05, 0) is 155 Å². The Morgan fingerprint density at radius 3 is 1.38 bits per heavy atom. The maximum Gasteiger partial charge on any atom is 0.101 e. The van der Waals surface area contributed by atoms with Gasteiger partial charge in [-0.3, -0.25) is 0 Å². The van der Waals surface area contributed by atoms with E-state index in [0.717, 1.165) is 37.8 Å². The zero-order chi connectivity index (χ0) is 48.9. The smallest absolute Gasteiger partial charge is 0.101 e. The van der Waals surface area contributed by atoms with Crippen LogP contribution >= 0.6 is 22.7 Å². The van der Waals surface area contributed by atoms with E-state index < -0.39 is 0 Å². The molecule has 0 aliphatic heterocycles. The average molecular weight is 975 g/mol. The molecule has 0 unspecified atom stereocenters. The SMILES string of the molecule is C=Cc1cccc(CCCCCc2cc(-c3ccc(N(c4ccccc4)c4cccc5ccccc45)s3)c(CCCCCCCCC)cc2-c2ccc(N(c3ccccc3)c3cccc4ccccc34)s2)c1. The Labute approximate surface area is 436 Å². The molecule has 0 spiro atoms. The maximum atomic E-state index is 4.02. The molecule has 10 rings (SSSR count). The van der Waals surface area contributed by atoms with Crippen LogP contribution in [0, 0.1) is 0 Å². The molecule has 0 saturated heterocycles. The third kappa shape index (κ3) is 11.4. The Bertz CT molecular complexity index is 3330. The molecule has 0 saturated carbocycles. The first kappa shape index (κ1) is 48.6. The summed E-state index contributed by atoms with van der Waals surface area (Å²) in [7, 11) is 0. The molecule has 2 aromatic heterocycles. The molecule has 8 aromatic carbocycles. The van der Waals surface area contributed by atoms with Gasteiger partial charge in [-0.15, -0.1) is 22.7 Å². The fourth-order valence-corrected chi connectivity index (χ4v) is 12.6. The molecule has 0 radical (unpaired) electrons. The second-order valence-corrected chi connectivity index (χ2v) is 21.3. The zero-order valence-corrected chi connectivity index (χ0v) is 43.5. The van der Waals surface area contributed by atoms with E-state index in [0.29, 0.717) is 0 Å². The number of fused-ring (bicyclic) bond motifs is 2. The van der Waals surface area contributed by atoms with E-state index in [1.54, 1.807) is 0 Å². The molecule has 0 N–H and O–H groups in total. The number of nitrogens with zero attached hydrogens (tertiary/aromatic N) is 2. The van der Waals surface area contributed by atoms with Gasteiger partial charge in [0.1, 0.15) is 10.0 Å². The highest BCUT2D eigenvalue weighted by atomic mass is 32.1. The lowest BCUT2D eigenvalue weighted by Gasteiger charge is -2.25. The summed E-state index contributed by atoms with van der Waals surface area (Å²) < 4.78 is 0. The quantitative estimate of drug-likeness (QED) is 0.0590. The van der Waals surface area contributed by atoms with Crippen LogP contribution in [-0.4, -0.2) is 0 Å². The molecule has 0 bridgehead atoms. The Balaban J connectivity index is 1.06. The van der Waals surface area contributed by atoms with Crippen molar-refractivity contribution in [2.24, 2.45) is 0 Å². The number of anilines is 6. The molecule has 2 heterocycles. The maximum absolute atomic E-state index is 4.02. The van der Waals surface area contributed by atoms with Gasteiger partial charge in [-0.2, -0.15) is 0 Å². The molecule has 0 aliphatic rings. The molecule has 0 amide bonds. The van der Waals surface area contributed by atoms with Gasteiger partial charge in [0.2, 0.25) is 0 Å². The standard InChI is InChI=1S/C68H66N2S2/c1-3-5-6-7-8-9-14-32-55-49-62(66-45-47-68(72-66)70(58-38-18-12-19-39-58)64-43-26-35-54-31-21-23-41-60(54)64)56(33-15-10-13-27-52-29-24-28-51(4-2)48-52)50-61(55)65-44-46-67(71-65)69(57-36-16-11-17-37-57)63-42-25-34-53-30-20-22-40-59(53)63/h4,11-12,16-26,28-31,34-50H,2-3,5-10,13-15,27,32-33H2,1H3. The van der Waals surface area contributed by atoms with Crippen molar-refractivity contribution in [2.45, 2.75) is 90.4 Å². The number of unbranched alkanes of at least 4 members (excludes halogenated alkanes) is 8. The van der Waals surface area contributed by atoms with Crippen LogP contribution in [0.3, 0.4) is 0 Å². The summed E-state index contributed by atoms with van der Waals surface area (Å²) >= 11 is 3.84. The molecule has 360 valence electrons. The second kappa shape index (κ2) is 24.0. The summed E-state index contributed by atoms with van der Waals surface area (Å²) in [6.45, 7) is 6.32. The van der Waals surface area contributed by atoms with E-state index in [1.165, 1.54) is 143 Å². The lowest BCUT2D eigenvalue weighted by Crippen LogP contribution is -2.08.